The third-order valence-corrected chi connectivity index (χ3v) is 1.35. The summed E-state index contributed by atoms with van der Waals surface area (Å²) in [7, 11) is 1.27. The van der Waals surface area contributed by atoms with Gasteiger partial charge in [0.15, 0.2) is 5.75 Å². The van der Waals surface area contributed by atoms with Crippen LogP contribution in [0.25, 0.3) is 0 Å². The van der Waals surface area contributed by atoms with Crippen LogP contribution in [0.2, 0.25) is 0 Å². The minimum Gasteiger partial charge on any atom is -0.449 e. The summed E-state index contributed by atoms with van der Waals surface area (Å²) in [5.74, 6) is -0.440. The van der Waals surface area contributed by atoms with Crippen molar-refractivity contribution in [1.29, 1.82) is 0 Å². The Balaban J connectivity index is 3.00. The number of carboxylic acid groups (broad SMARTS) is 1. The number of hydrogen-bond donors (Lipinski definition) is 1. The summed E-state index contributed by atoms with van der Waals surface area (Å²) in [6.45, 7) is 0. The summed E-state index contributed by atoms with van der Waals surface area (Å²) in [6, 6.07) is 0. The lowest BCUT2D eigenvalue weighted by atomic mass is 10.4. The van der Waals surface area contributed by atoms with Crippen LogP contribution in [0.4, 0.5) is 13.6 Å². The van der Waals surface area contributed by atoms with Crippen molar-refractivity contribution in [3.63, 3.8) is 0 Å². The largest absolute Gasteiger partial charge is 0.511 e. The van der Waals surface area contributed by atoms with Crippen molar-refractivity contribution in [1.82, 2.24) is 9.78 Å². The van der Waals surface area contributed by atoms with Crippen molar-refractivity contribution in [3.8, 4) is 5.75 Å². The SMILES string of the molecule is Cn1ncc(OC(=O)O)c1C(F)F. The average molecular weight is 192 g/mol. The molecule has 0 aliphatic carbocycles. The van der Waals surface area contributed by atoms with Crippen molar-refractivity contribution >= 4 is 6.16 Å². The van der Waals surface area contributed by atoms with E-state index in [-0.39, 0.29) is 0 Å². The fraction of sp³-hybridized carbons (Fsp3) is 0.333. The van der Waals surface area contributed by atoms with Gasteiger partial charge in [0.1, 0.15) is 5.69 Å². The second-order valence-electron chi connectivity index (χ2n) is 2.19. The molecule has 1 N–H and O–H groups in total. The molecule has 1 aromatic rings. The Morgan fingerprint density at radius 3 is 2.85 bits per heavy atom. The van der Waals surface area contributed by atoms with Crippen molar-refractivity contribution in [3.05, 3.63) is 11.9 Å². The van der Waals surface area contributed by atoms with E-state index in [2.05, 4.69) is 9.84 Å². The van der Waals surface area contributed by atoms with E-state index < -0.39 is 24.0 Å². The Kier molecular flexibility index (Phi) is 2.45. The zero-order valence-corrected chi connectivity index (χ0v) is 6.57. The third-order valence-electron chi connectivity index (χ3n) is 1.35. The van der Waals surface area contributed by atoms with Crippen LogP contribution in [0.1, 0.15) is 12.1 Å². The molecule has 1 rings (SSSR count). The molecule has 0 aromatic carbocycles. The topological polar surface area (TPSA) is 64.4 Å². The number of aryl methyl sites for hydroxylation is 1. The Bertz CT molecular complexity index is 324. The summed E-state index contributed by atoms with van der Waals surface area (Å²) in [5.41, 5.74) is -0.553. The van der Waals surface area contributed by atoms with Crippen molar-refractivity contribution in [2.75, 3.05) is 0 Å². The lowest BCUT2D eigenvalue weighted by molar-refractivity contribution is 0.126. The Hall–Kier alpha value is -1.66. The molecule has 0 bridgehead atoms. The molecular formula is C6H6F2N2O3. The molecule has 13 heavy (non-hydrogen) atoms. The van der Waals surface area contributed by atoms with Crippen molar-refractivity contribution in [2.45, 2.75) is 6.43 Å². The van der Waals surface area contributed by atoms with Crippen LogP contribution in [0, 0.1) is 0 Å². The molecule has 0 aliphatic rings. The van der Waals surface area contributed by atoms with Gasteiger partial charge >= 0.3 is 6.16 Å². The van der Waals surface area contributed by atoms with Crippen LogP contribution in [0.3, 0.4) is 0 Å². The molecule has 0 saturated carbocycles. The minimum absolute atomic E-state index is 0.440. The molecule has 7 heteroatoms. The molecule has 0 unspecified atom stereocenters. The van der Waals surface area contributed by atoms with E-state index in [0.717, 1.165) is 10.9 Å². The quantitative estimate of drug-likeness (QED) is 0.719. The second-order valence-corrected chi connectivity index (χ2v) is 2.19. The van der Waals surface area contributed by atoms with Gasteiger partial charge in [-0.05, 0) is 0 Å². The Morgan fingerprint density at radius 2 is 2.38 bits per heavy atom. The van der Waals surface area contributed by atoms with Gasteiger partial charge in [-0.2, -0.15) is 5.10 Å². The highest BCUT2D eigenvalue weighted by molar-refractivity contribution is 5.61. The van der Waals surface area contributed by atoms with Crippen LogP contribution < -0.4 is 4.74 Å². The van der Waals surface area contributed by atoms with E-state index in [1.54, 1.807) is 0 Å². The van der Waals surface area contributed by atoms with E-state index in [9.17, 15) is 13.6 Å². The Labute approximate surface area is 71.5 Å². The maximum absolute atomic E-state index is 12.2. The molecule has 0 aliphatic heterocycles. The molecular weight excluding hydrogens is 186 g/mol. The first-order chi connectivity index (χ1) is 6.02. The summed E-state index contributed by atoms with van der Waals surface area (Å²) in [6.07, 6.45) is -3.54. The highest BCUT2D eigenvalue weighted by atomic mass is 19.3. The van der Waals surface area contributed by atoms with Gasteiger partial charge in [0.05, 0.1) is 6.20 Å². The lowest BCUT2D eigenvalue weighted by Crippen LogP contribution is -2.06. The van der Waals surface area contributed by atoms with Crippen LogP contribution in [-0.2, 0) is 7.05 Å². The summed E-state index contributed by atoms with van der Waals surface area (Å²) in [4.78, 5) is 10.0. The van der Waals surface area contributed by atoms with Crippen molar-refractivity contribution < 1.29 is 23.4 Å². The second kappa shape index (κ2) is 3.38. The van der Waals surface area contributed by atoms with Gasteiger partial charge in [-0.3, -0.25) is 4.68 Å². The highest BCUT2D eigenvalue weighted by Crippen LogP contribution is 2.27. The first-order valence-electron chi connectivity index (χ1n) is 3.23. The third kappa shape index (κ3) is 1.92. The first kappa shape index (κ1) is 9.43. The van der Waals surface area contributed by atoms with Crippen molar-refractivity contribution in [2.24, 2.45) is 7.05 Å². The molecule has 5 nitrogen and oxygen atoms in total. The molecule has 72 valence electrons. The maximum Gasteiger partial charge on any atom is 0.511 e. The minimum atomic E-state index is -2.82. The fourth-order valence-corrected chi connectivity index (χ4v) is 0.848. The first-order valence-corrected chi connectivity index (χ1v) is 3.23. The Morgan fingerprint density at radius 1 is 1.77 bits per heavy atom. The lowest BCUT2D eigenvalue weighted by Gasteiger charge is -2.02. The monoisotopic (exact) mass is 192 g/mol. The number of carbonyl (C=O) groups is 1. The van der Waals surface area contributed by atoms with Gasteiger partial charge < -0.3 is 9.84 Å². The smallest absolute Gasteiger partial charge is 0.449 e. The normalized spacial score (nSPS) is 10.5. The van der Waals surface area contributed by atoms with Gasteiger partial charge in [-0.1, -0.05) is 0 Å². The number of rotatable bonds is 2. The average Bonchev–Trinajstić information content (AvgIpc) is 2.30. The summed E-state index contributed by atoms with van der Waals surface area (Å²) in [5, 5.41) is 11.6. The predicted octanol–water partition coefficient (Wildman–Crippen LogP) is 1.41. The molecule has 1 aromatic heterocycles. The standard InChI is InChI=1S/C6H6F2N2O3/c1-10-4(5(7)8)3(2-9-10)13-6(11)12/h2,5H,1H3,(H,11,12). The molecule has 0 amide bonds. The van der Waals surface area contributed by atoms with E-state index in [1.165, 1.54) is 7.05 Å². The number of halogens is 2. The fourth-order valence-electron chi connectivity index (χ4n) is 0.848. The van der Waals surface area contributed by atoms with Crippen LogP contribution in [0.15, 0.2) is 6.20 Å². The molecule has 0 fully saturated rings. The maximum atomic E-state index is 12.2. The van der Waals surface area contributed by atoms with Gasteiger partial charge in [-0.25, -0.2) is 13.6 Å². The molecule has 1 heterocycles. The number of ether oxygens (including phenoxy) is 1. The van der Waals surface area contributed by atoms with Gasteiger partial charge in [0.25, 0.3) is 6.43 Å². The zero-order valence-electron chi connectivity index (χ0n) is 6.57. The molecule has 0 spiro atoms. The molecule has 0 atom stereocenters. The summed E-state index contributed by atoms with van der Waals surface area (Å²) >= 11 is 0. The number of nitrogens with zero attached hydrogens (tertiary/aromatic N) is 2. The molecule has 0 radical (unpaired) electrons. The van der Waals surface area contributed by atoms with E-state index in [1.807, 2.05) is 0 Å². The van der Waals surface area contributed by atoms with E-state index >= 15 is 0 Å². The van der Waals surface area contributed by atoms with E-state index in [4.69, 9.17) is 5.11 Å². The van der Waals surface area contributed by atoms with Gasteiger partial charge in [0.2, 0.25) is 0 Å². The van der Waals surface area contributed by atoms with Crippen LogP contribution in [0.5, 0.6) is 5.75 Å². The van der Waals surface area contributed by atoms with Crippen LogP contribution >= 0.6 is 0 Å². The number of alkyl halides is 2. The number of hydrogen-bond acceptors (Lipinski definition) is 3. The predicted molar refractivity (Wildman–Crippen MR) is 36.8 cm³/mol. The van der Waals surface area contributed by atoms with Gasteiger partial charge in [-0.15, -0.1) is 0 Å². The van der Waals surface area contributed by atoms with Crippen LogP contribution in [-0.4, -0.2) is 21.0 Å². The zero-order chi connectivity index (χ0) is 10.0. The summed E-state index contributed by atoms with van der Waals surface area (Å²) < 4.78 is 29.4. The number of aromatic nitrogens is 2. The molecule has 0 saturated heterocycles. The van der Waals surface area contributed by atoms with Gasteiger partial charge in [0, 0.05) is 7.05 Å². The van der Waals surface area contributed by atoms with E-state index in [0.29, 0.717) is 0 Å². The highest BCUT2D eigenvalue weighted by Gasteiger charge is 2.21.